The third-order valence-electron chi connectivity index (χ3n) is 3.08. The second-order valence-corrected chi connectivity index (χ2v) is 4.83. The topological polar surface area (TPSA) is 41.1 Å². The first-order valence-corrected chi connectivity index (χ1v) is 6.43. The molecular weight excluding hydrogens is 231 g/mol. The summed E-state index contributed by atoms with van der Waals surface area (Å²) in [5, 5.41) is 6.13. The lowest BCUT2D eigenvalue weighted by Gasteiger charge is -2.13. The van der Waals surface area contributed by atoms with Gasteiger partial charge in [0.05, 0.1) is 6.04 Å². The van der Waals surface area contributed by atoms with Crippen LogP contribution in [0.3, 0.4) is 0 Å². The van der Waals surface area contributed by atoms with Crippen LogP contribution in [-0.2, 0) is 11.2 Å². The van der Waals surface area contributed by atoms with Crippen LogP contribution in [0.1, 0.15) is 25.3 Å². The average molecular weight is 250 g/mol. The van der Waals surface area contributed by atoms with Gasteiger partial charge in [0.15, 0.2) is 0 Å². The molecule has 1 unspecified atom stereocenters. The lowest BCUT2D eigenvalue weighted by molar-refractivity contribution is -0.122. The summed E-state index contributed by atoms with van der Waals surface area (Å²) < 4.78 is 12.7. The highest BCUT2D eigenvalue weighted by Gasteiger charge is 2.25. The van der Waals surface area contributed by atoms with Crippen LogP contribution >= 0.6 is 0 Å². The number of benzene rings is 1. The predicted molar refractivity (Wildman–Crippen MR) is 68.7 cm³/mol. The van der Waals surface area contributed by atoms with Crippen LogP contribution in [0, 0.1) is 5.82 Å². The van der Waals surface area contributed by atoms with Crippen LogP contribution in [0.15, 0.2) is 24.3 Å². The molecule has 1 aliphatic rings. The van der Waals surface area contributed by atoms with E-state index >= 15 is 0 Å². The highest BCUT2D eigenvalue weighted by atomic mass is 19.1. The van der Waals surface area contributed by atoms with Crippen molar-refractivity contribution >= 4 is 5.91 Å². The van der Waals surface area contributed by atoms with E-state index in [0.29, 0.717) is 12.6 Å². The molecule has 0 radical (unpaired) electrons. The van der Waals surface area contributed by atoms with E-state index in [2.05, 4.69) is 10.6 Å². The summed E-state index contributed by atoms with van der Waals surface area (Å²) in [6.45, 7) is 2.46. The van der Waals surface area contributed by atoms with Crippen LogP contribution in [0.4, 0.5) is 4.39 Å². The van der Waals surface area contributed by atoms with Gasteiger partial charge in [0.1, 0.15) is 5.82 Å². The Balaban J connectivity index is 1.67. The number of nitrogens with one attached hydrogen (secondary N) is 2. The van der Waals surface area contributed by atoms with Crippen molar-refractivity contribution in [1.82, 2.24) is 10.6 Å². The fraction of sp³-hybridized carbons (Fsp3) is 0.500. The Kier molecular flexibility index (Phi) is 4.31. The summed E-state index contributed by atoms with van der Waals surface area (Å²) in [5.41, 5.74) is 1.03. The highest BCUT2D eigenvalue weighted by Crippen LogP contribution is 2.19. The monoisotopic (exact) mass is 250 g/mol. The molecule has 1 fully saturated rings. The third kappa shape index (κ3) is 4.11. The summed E-state index contributed by atoms with van der Waals surface area (Å²) in [6, 6.07) is 6.76. The van der Waals surface area contributed by atoms with Crippen molar-refractivity contribution in [2.75, 3.05) is 6.54 Å². The Hall–Kier alpha value is -1.42. The van der Waals surface area contributed by atoms with Crippen LogP contribution in [-0.4, -0.2) is 24.5 Å². The zero-order valence-corrected chi connectivity index (χ0v) is 10.6. The van der Waals surface area contributed by atoms with Gasteiger partial charge in [-0.3, -0.25) is 4.79 Å². The van der Waals surface area contributed by atoms with E-state index in [1.165, 1.54) is 25.0 Å². The second kappa shape index (κ2) is 5.96. The zero-order valence-electron chi connectivity index (χ0n) is 10.6. The number of halogens is 1. The molecule has 2 rings (SSSR count). The Labute approximate surface area is 107 Å². The number of carbonyl (C=O) groups is 1. The zero-order chi connectivity index (χ0) is 13.0. The Morgan fingerprint density at radius 1 is 1.39 bits per heavy atom. The van der Waals surface area contributed by atoms with Gasteiger partial charge in [0, 0.05) is 12.6 Å². The Morgan fingerprint density at radius 3 is 2.67 bits per heavy atom. The summed E-state index contributed by atoms with van der Waals surface area (Å²) >= 11 is 0. The van der Waals surface area contributed by atoms with E-state index in [9.17, 15) is 9.18 Å². The normalized spacial score (nSPS) is 16.3. The second-order valence-electron chi connectivity index (χ2n) is 4.83. The molecule has 1 aliphatic carbocycles. The maximum absolute atomic E-state index is 12.7. The molecule has 0 bridgehead atoms. The predicted octanol–water partition coefficient (Wildman–Crippen LogP) is 1.62. The minimum atomic E-state index is -0.231. The first-order chi connectivity index (χ1) is 8.65. The Bertz CT molecular complexity index is 401. The van der Waals surface area contributed by atoms with Gasteiger partial charge in [-0.15, -0.1) is 0 Å². The molecule has 18 heavy (non-hydrogen) atoms. The van der Waals surface area contributed by atoms with Crippen molar-refractivity contribution in [3.63, 3.8) is 0 Å². The molecule has 1 aromatic rings. The standard InChI is InChI=1S/C14H19FN2O/c1-10(17-13-6-7-13)14(18)16-9-8-11-2-4-12(15)5-3-11/h2-5,10,13,17H,6-9H2,1H3,(H,16,18). The molecule has 3 nitrogen and oxygen atoms in total. The van der Waals surface area contributed by atoms with Crippen LogP contribution in [0.25, 0.3) is 0 Å². The summed E-state index contributed by atoms with van der Waals surface area (Å²) in [5.74, 6) is -0.200. The molecule has 0 spiro atoms. The minimum Gasteiger partial charge on any atom is -0.354 e. The Morgan fingerprint density at radius 2 is 2.06 bits per heavy atom. The van der Waals surface area contributed by atoms with Crippen molar-refractivity contribution in [2.24, 2.45) is 0 Å². The van der Waals surface area contributed by atoms with Gasteiger partial charge in [0.2, 0.25) is 5.91 Å². The first-order valence-electron chi connectivity index (χ1n) is 6.43. The smallest absolute Gasteiger partial charge is 0.236 e. The van der Waals surface area contributed by atoms with E-state index in [1.54, 1.807) is 12.1 Å². The molecule has 1 amide bonds. The molecule has 2 N–H and O–H groups in total. The molecule has 0 saturated heterocycles. The van der Waals surface area contributed by atoms with Gasteiger partial charge in [-0.25, -0.2) is 4.39 Å². The van der Waals surface area contributed by atoms with Crippen molar-refractivity contribution in [3.05, 3.63) is 35.6 Å². The van der Waals surface area contributed by atoms with Crippen LogP contribution in [0.2, 0.25) is 0 Å². The van der Waals surface area contributed by atoms with Crippen molar-refractivity contribution < 1.29 is 9.18 Å². The van der Waals surface area contributed by atoms with Gasteiger partial charge < -0.3 is 10.6 Å². The van der Waals surface area contributed by atoms with E-state index in [4.69, 9.17) is 0 Å². The molecule has 1 saturated carbocycles. The van der Waals surface area contributed by atoms with E-state index in [1.807, 2.05) is 6.92 Å². The summed E-state index contributed by atoms with van der Waals surface area (Å²) in [4.78, 5) is 11.7. The van der Waals surface area contributed by atoms with Crippen LogP contribution in [0.5, 0.6) is 0 Å². The summed E-state index contributed by atoms with van der Waals surface area (Å²) in [6.07, 6.45) is 3.07. The van der Waals surface area contributed by atoms with E-state index < -0.39 is 0 Å². The number of carbonyl (C=O) groups excluding carboxylic acids is 1. The van der Waals surface area contributed by atoms with Gasteiger partial charge in [-0.05, 0) is 43.9 Å². The molecule has 4 heteroatoms. The maximum atomic E-state index is 12.7. The lowest BCUT2D eigenvalue weighted by atomic mass is 10.1. The van der Waals surface area contributed by atoms with E-state index in [-0.39, 0.29) is 17.8 Å². The van der Waals surface area contributed by atoms with Gasteiger partial charge >= 0.3 is 0 Å². The van der Waals surface area contributed by atoms with Gasteiger partial charge in [0.25, 0.3) is 0 Å². The third-order valence-corrected chi connectivity index (χ3v) is 3.08. The first kappa shape index (κ1) is 13.0. The van der Waals surface area contributed by atoms with Gasteiger partial charge in [-0.2, -0.15) is 0 Å². The number of rotatable bonds is 6. The van der Waals surface area contributed by atoms with Crippen molar-refractivity contribution in [1.29, 1.82) is 0 Å². The molecule has 0 aromatic heterocycles. The quantitative estimate of drug-likeness (QED) is 0.805. The SMILES string of the molecule is CC(NC1CC1)C(=O)NCCc1ccc(F)cc1. The number of amides is 1. The number of hydrogen-bond acceptors (Lipinski definition) is 2. The minimum absolute atomic E-state index is 0.0315. The molecule has 0 aliphatic heterocycles. The van der Waals surface area contributed by atoms with Crippen LogP contribution < -0.4 is 10.6 Å². The fourth-order valence-electron chi connectivity index (χ4n) is 1.81. The molecular formula is C14H19FN2O. The largest absolute Gasteiger partial charge is 0.354 e. The maximum Gasteiger partial charge on any atom is 0.236 e. The molecule has 98 valence electrons. The average Bonchev–Trinajstić information content (AvgIpc) is 3.15. The molecule has 1 aromatic carbocycles. The van der Waals surface area contributed by atoms with Crippen molar-refractivity contribution in [3.8, 4) is 0 Å². The summed E-state index contributed by atoms with van der Waals surface area (Å²) in [7, 11) is 0. The van der Waals surface area contributed by atoms with E-state index in [0.717, 1.165) is 12.0 Å². The molecule has 1 atom stereocenters. The highest BCUT2D eigenvalue weighted by molar-refractivity contribution is 5.81. The lowest BCUT2D eigenvalue weighted by Crippen LogP contribution is -2.43. The van der Waals surface area contributed by atoms with Crippen molar-refractivity contribution in [2.45, 2.75) is 38.3 Å². The number of hydrogen-bond donors (Lipinski definition) is 2. The van der Waals surface area contributed by atoms with Gasteiger partial charge in [-0.1, -0.05) is 12.1 Å². The fourth-order valence-corrected chi connectivity index (χ4v) is 1.81. The molecule has 0 heterocycles.